The third-order valence-corrected chi connectivity index (χ3v) is 2.49. The van der Waals surface area contributed by atoms with E-state index in [1.54, 1.807) is 0 Å². The average molecular weight is 220 g/mol. The first kappa shape index (κ1) is 17.4. The van der Waals surface area contributed by atoms with Crippen LogP contribution in [0.3, 0.4) is 0 Å². The van der Waals surface area contributed by atoms with Gasteiger partial charge in [-0.25, -0.2) is 0 Å². The minimum atomic E-state index is 0.613. The highest BCUT2D eigenvalue weighted by Gasteiger charge is 2.14. The van der Waals surface area contributed by atoms with Gasteiger partial charge < -0.3 is 0 Å². The number of allylic oxidation sites excluding steroid dienone is 6. The Labute approximate surface area is 102 Å². The molecule has 0 saturated carbocycles. The van der Waals surface area contributed by atoms with E-state index in [0.29, 0.717) is 11.8 Å². The molecule has 0 aromatic rings. The van der Waals surface area contributed by atoms with E-state index in [9.17, 15) is 0 Å². The molecule has 2 atom stereocenters. The number of hydrogen-bond acceptors (Lipinski definition) is 0. The van der Waals surface area contributed by atoms with Crippen molar-refractivity contribution >= 4 is 0 Å². The van der Waals surface area contributed by atoms with E-state index < -0.39 is 0 Å². The van der Waals surface area contributed by atoms with Gasteiger partial charge in [0.25, 0.3) is 0 Å². The van der Waals surface area contributed by atoms with Crippen molar-refractivity contribution in [2.75, 3.05) is 0 Å². The Morgan fingerprint density at radius 2 is 1.06 bits per heavy atom. The van der Waals surface area contributed by atoms with Crippen LogP contribution < -0.4 is 0 Å². The van der Waals surface area contributed by atoms with Crippen LogP contribution >= 0.6 is 0 Å². The highest BCUT2D eigenvalue weighted by molar-refractivity contribution is 5.47. The normalized spacial score (nSPS) is 22.4. The van der Waals surface area contributed by atoms with Gasteiger partial charge >= 0.3 is 0 Å². The van der Waals surface area contributed by atoms with E-state index in [1.165, 1.54) is 11.1 Å². The van der Waals surface area contributed by atoms with E-state index in [1.807, 2.05) is 39.8 Å². The highest BCUT2D eigenvalue weighted by Crippen LogP contribution is 2.28. The lowest BCUT2D eigenvalue weighted by Gasteiger charge is -2.21. The summed E-state index contributed by atoms with van der Waals surface area (Å²) in [5, 5.41) is 0. The van der Waals surface area contributed by atoms with Crippen LogP contribution in [-0.2, 0) is 0 Å². The van der Waals surface area contributed by atoms with E-state index in [2.05, 4.69) is 39.2 Å². The van der Waals surface area contributed by atoms with E-state index in [-0.39, 0.29) is 0 Å². The Morgan fingerprint density at radius 3 is 1.25 bits per heavy atom. The molecule has 0 bridgehead atoms. The van der Waals surface area contributed by atoms with Crippen molar-refractivity contribution in [3.8, 4) is 0 Å². The van der Waals surface area contributed by atoms with Gasteiger partial charge in [0.2, 0.25) is 0 Å². The van der Waals surface area contributed by atoms with Crippen molar-refractivity contribution in [3.63, 3.8) is 0 Å². The second kappa shape index (κ2) is 10.5. The van der Waals surface area contributed by atoms with Gasteiger partial charge in [0, 0.05) is 0 Å². The number of hydrogen-bond donors (Lipinski definition) is 0. The Morgan fingerprint density at radius 1 is 0.812 bits per heavy atom. The van der Waals surface area contributed by atoms with Crippen LogP contribution in [0.1, 0.15) is 41.5 Å². The molecule has 1 aliphatic rings. The van der Waals surface area contributed by atoms with Crippen LogP contribution in [0.25, 0.3) is 0 Å². The summed E-state index contributed by atoms with van der Waals surface area (Å²) in [7, 11) is 0. The van der Waals surface area contributed by atoms with Gasteiger partial charge in [0.1, 0.15) is 0 Å². The molecule has 92 valence electrons. The molecule has 0 aliphatic heterocycles. The average Bonchev–Trinajstić information content (AvgIpc) is 2.37. The molecule has 16 heavy (non-hydrogen) atoms. The summed E-state index contributed by atoms with van der Waals surface area (Å²) < 4.78 is 0. The minimum absolute atomic E-state index is 0.613. The van der Waals surface area contributed by atoms with Crippen LogP contribution in [0.2, 0.25) is 0 Å². The maximum Gasteiger partial charge on any atom is -0.0192 e. The lowest BCUT2D eigenvalue weighted by atomic mass is 9.84. The van der Waals surface area contributed by atoms with Crippen molar-refractivity contribution in [2.24, 2.45) is 11.8 Å². The number of rotatable bonds is 2. The molecule has 0 nitrogen and oxygen atoms in total. The molecule has 2 unspecified atom stereocenters. The Hall–Kier alpha value is -1.04. The van der Waals surface area contributed by atoms with Crippen LogP contribution in [0.4, 0.5) is 0 Å². The van der Waals surface area contributed by atoms with Gasteiger partial charge in [-0.3, -0.25) is 0 Å². The molecule has 0 saturated heterocycles. The predicted molar refractivity (Wildman–Crippen MR) is 77.6 cm³/mol. The zero-order chi connectivity index (χ0) is 13.1. The first-order valence-electron chi connectivity index (χ1n) is 6.38. The van der Waals surface area contributed by atoms with Crippen LogP contribution in [0.5, 0.6) is 0 Å². The van der Waals surface area contributed by atoms with Crippen molar-refractivity contribution in [1.29, 1.82) is 0 Å². The monoisotopic (exact) mass is 220 g/mol. The van der Waals surface area contributed by atoms with Gasteiger partial charge in [0.15, 0.2) is 0 Å². The molecule has 0 N–H and O–H groups in total. The van der Waals surface area contributed by atoms with Crippen LogP contribution in [-0.4, -0.2) is 0 Å². The van der Waals surface area contributed by atoms with Crippen LogP contribution in [0, 0.1) is 11.8 Å². The molecule has 0 aromatic heterocycles. The van der Waals surface area contributed by atoms with Gasteiger partial charge in [-0.05, 0) is 23.0 Å². The van der Waals surface area contributed by atoms with Gasteiger partial charge in [-0.15, -0.1) is 0 Å². The molecular weight excluding hydrogens is 192 g/mol. The molecule has 1 aliphatic carbocycles. The van der Waals surface area contributed by atoms with Gasteiger partial charge in [-0.1, -0.05) is 79.0 Å². The lowest BCUT2D eigenvalue weighted by Crippen LogP contribution is -2.08. The fraction of sp³-hybridized carbons (Fsp3) is 0.500. The zero-order valence-electron chi connectivity index (χ0n) is 11.9. The molecule has 0 heteroatoms. The topological polar surface area (TPSA) is 0 Å². The smallest absolute Gasteiger partial charge is 0.0192 e. The molecule has 1 rings (SSSR count). The third-order valence-electron chi connectivity index (χ3n) is 2.49. The predicted octanol–water partition coefficient (Wildman–Crippen LogP) is 5.55. The fourth-order valence-electron chi connectivity index (χ4n) is 1.43. The van der Waals surface area contributed by atoms with Crippen LogP contribution in [0.15, 0.2) is 48.6 Å². The van der Waals surface area contributed by atoms with Crippen molar-refractivity contribution in [2.45, 2.75) is 41.5 Å². The van der Waals surface area contributed by atoms with Crippen molar-refractivity contribution in [1.82, 2.24) is 0 Å². The second-order valence-corrected chi connectivity index (χ2v) is 3.37. The van der Waals surface area contributed by atoms with Crippen molar-refractivity contribution < 1.29 is 0 Å². The molecule has 0 heterocycles. The molecule has 0 amide bonds. The quantitative estimate of drug-likeness (QED) is 0.572. The molecule has 0 aromatic carbocycles. The minimum Gasteiger partial charge on any atom is -0.0985 e. The Balaban J connectivity index is 0. The maximum absolute atomic E-state index is 3.79. The van der Waals surface area contributed by atoms with E-state index in [0.717, 1.165) is 0 Å². The second-order valence-electron chi connectivity index (χ2n) is 3.37. The zero-order valence-corrected chi connectivity index (χ0v) is 11.9. The molecular formula is C16H28. The summed E-state index contributed by atoms with van der Waals surface area (Å²) in [4.78, 5) is 0. The lowest BCUT2D eigenvalue weighted by molar-refractivity contribution is 0.547. The van der Waals surface area contributed by atoms with Gasteiger partial charge in [-0.2, -0.15) is 0 Å². The molecule has 0 spiro atoms. The largest absolute Gasteiger partial charge is 0.0985 e. The van der Waals surface area contributed by atoms with E-state index in [4.69, 9.17) is 0 Å². The molecule has 0 fully saturated rings. The van der Waals surface area contributed by atoms with Crippen molar-refractivity contribution in [3.05, 3.63) is 48.6 Å². The summed E-state index contributed by atoms with van der Waals surface area (Å²) in [6.45, 7) is 20.0. The molecule has 0 radical (unpaired) electrons. The Kier molecular flexibility index (Phi) is 11.4. The third kappa shape index (κ3) is 5.16. The summed E-state index contributed by atoms with van der Waals surface area (Å²) in [5.74, 6) is 1.23. The first-order valence-corrected chi connectivity index (χ1v) is 6.38. The summed E-state index contributed by atoms with van der Waals surface area (Å²) in [5.41, 5.74) is 2.44. The maximum atomic E-state index is 3.79. The van der Waals surface area contributed by atoms with E-state index >= 15 is 0 Å². The fourth-order valence-corrected chi connectivity index (χ4v) is 1.43. The highest BCUT2D eigenvalue weighted by atomic mass is 14.2. The standard InChI is InChI=1S/C12H16.2C2H6/c1-5-11-7-9(3)10(4)8-12(11)6-2;2*1-2/h5-10H,1-2H2,3-4H3;2*1-2H3. The SMILES string of the molecule is C=CC1=CC(C)C(C)C=C1C=C.CC.CC. The Bertz CT molecular complexity index is 225. The summed E-state index contributed by atoms with van der Waals surface area (Å²) in [6.07, 6.45) is 8.31. The summed E-state index contributed by atoms with van der Waals surface area (Å²) in [6, 6.07) is 0. The van der Waals surface area contributed by atoms with Gasteiger partial charge in [0.05, 0.1) is 0 Å². The summed E-state index contributed by atoms with van der Waals surface area (Å²) >= 11 is 0. The first-order chi connectivity index (χ1) is 7.69.